The van der Waals surface area contributed by atoms with Crippen LogP contribution in [0.1, 0.15) is 21.7 Å². The minimum Gasteiger partial charge on any atom is -0.456 e. The van der Waals surface area contributed by atoms with Crippen molar-refractivity contribution in [1.82, 2.24) is 10.6 Å². The van der Waals surface area contributed by atoms with Crippen LogP contribution in [-0.4, -0.2) is 43.9 Å². The molecule has 9 heteroatoms. The third-order valence-corrected chi connectivity index (χ3v) is 5.00. The highest BCUT2D eigenvalue weighted by atomic mass is 16.6. The molecule has 0 aliphatic rings. The van der Waals surface area contributed by atoms with Crippen LogP contribution in [0.15, 0.2) is 70.8 Å². The van der Waals surface area contributed by atoms with Gasteiger partial charge < -0.3 is 20.0 Å². The topological polar surface area (TPSA) is 119 Å². The van der Waals surface area contributed by atoms with E-state index in [4.69, 9.17) is 4.42 Å². The first-order valence-electron chi connectivity index (χ1n) is 10.7. The number of amides is 2. The van der Waals surface area contributed by atoms with Crippen LogP contribution in [0.3, 0.4) is 0 Å². The molecule has 9 nitrogen and oxygen atoms in total. The standard InChI is InChI=1S/C25H26N4O5/c1-17-8-10-18(11-9-17)24(30)27-21(25(31)26-14-15-28(2)3)16-19-12-13-23(34-19)20-6-4-5-7-22(20)29(32)33/h4-13,16H,14-15H2,1-3H3,(H,26,31)(H,27,30)/p+1/b21-16+. The number of nitro benzene ring substituents is 1. The number of nitrogens with zero attached hydrogens (tertiary/aromatic N) is 1. The van der Waals surface area contributed by atoms with E-state index in [-0.39, 0.29) is 22.9 Å². The zero-order valence-corrected chi connectivity index (χ0v) is 19.3. The number of carbonyl (C=O) groups excluding carboxylic acids is 2. The maximum Gasteiger partial charge on any atom is 0.280 e. The van der Waals surface area contributed by atoms with Gasteiger partial charge in [-0.25, -0.2) is 0 Å². The molecule has 1 heterocycles. The van der Waals surface area contributed by atoms with Crippen molar-refractivity contribution in [3.05, 3.63) is 93.4 Å². The van der Waals surface area contributed by atoms with Crippen molar-refractivity contribution in [2.45, 2.75) is 6.92 Å². The Morgan fingerprint density at radius 1 is 1.06 bits per heavy atom. The van der Waals surface area contributed by atoms with Gasteiger partial charge >= 0.3 is 0 Å². The lowest BCUT2D eigenvalue weighted by molar-refractivity contribution is -0.856. The van der Waals surface area contributed by atoms with Crippen molar-refractivity contribution >= 4 is 23.6 Å². The Bertz CT molecular complexity index is 1210. The van der Waals surface area contributed by atoms with Crippen LogP contribution in [0, 0.1) is 17.0 Å². The van der Waals surface area contributed by atoms with Crippen LogP contribution in [0.4, 0.5) is 5.69 Å². The van der Waals surface area contributed by atoms with E-state index in [1.165, 1.54) is 12.1 Å². The molecule has 0 saturated carbocycles. The fraction of sp³-hybridized carbons (Fsp3) is 0.200. The van der Waals surface area contributed by atoms with E-state index in [9.17, 15) is 19.7 Å². The van der Waals surface area contributed by atoms with Gasteiger partial charge in [0.25, 0.3) is 17.5 Å². The third kappa shape index (κ3) is 6.39. The second-order valence-corrected chi connectivity index (χ2v) is 8.07. The summed E-state index contributed by atoms with van der Waals surface area (Å²) in [5, 5.41) is 16.8. The number of carbonyl (C=O) groups is 2. The molecule has 0 atom stereocenters. The van der Waals surface area contributed by atoms with Gasteiger partial charge in [0.15, 0.2) is 0 Å². The largest absolute Gasteiger partial charge is 0.456 e. The first kappa shape index (κ1) is 24.4. The van der Waals surface area contributed by atoms with Crippen molar-refractivity contribution in [1.29, 1.82) is 0 Å². The summed E-state index contributed by atoms with van der Waals surface area (Å²) in [6, 6.07) is 16.4. The second kappa shape index (κ2) is 11.1. The molecule has 0 fully saturated rings. The van der Waals surface area contributed by atoms with Gasteiger partial charge in [0.05, 0.1) is 37.7 Å². The average Bonchev–Trinajstić information content (AvgIpc) is 3.27. The Morgan fingerprint density at radius 2 is 1.76 bits per heavy atom. The number of hydrogen-bond donors (Lipinski definition) is 3. The van der Waals surface area contributed by atoms with Crippen molar-refractivity contribution in [3.8, 4) is 11.3 Å². The van der Waals surface area contributed by atoms with Crippen molar-refractivity contribution in [2.75, 3.05) is 27.2 Å². The molecule has 34 heavy (non-hydrogen) atoms. The first-order chi connectivity index (χ1) is 16.2. The van der Waals surface area contributed by atoms with Gasteiger partial charge in [-0.1, -0.05) is 29.8 Å². The van der Waals surface area contributed by atoms with E-state index in [0.29, 0.717) is 24.2 Å². The van der Waals surface area contributed by atoms with Gasteiger partial charge in [-0.15, -0.1) is 0 Å². The highest BCUT2D eigenvalue weighted by Gasteiger charge is 2.19. The molecule has 2 aromatic carbocycles. The van der Waals surface area contributed by atoms with Gasteiger partial charge in [0, 0.05) is 17.7 Å². The number of nitrogens with one attached hydrogen (secondary N) is 3. The van der Waals surface area contributed by atoms with E-state index in [0.717, 1.165) is 10.5 Å². The van der Waals surface area contributed by atoms with Gasteiger partial charge in [-0.3, -0.25) is 19.7 Å². The molecule has 0 radical (unpaired) electrons. The predicted molar refractivity (Wildman–Crippen MR) is 128 cm³/mol. The first-order valence-corrected chi connectivity index (χ1v) is 10.7. The minimum atomic E-state index is -0.485. The van der Waals surface area contributed by atoms with Gasteiger partial charge in [-0.05, 0) is 37.3 Å². The summed E-state index contributed by atoms with van der Waals surface area (Å²) in [5.74, 6) is -0.365. The van der Waals surface area contributed by atoms with Gasteiger partial charge in [0.1, 0.15) is 17.2 Å². The van der Waals surface area contributed by atoms with Crippen molar-refractivity contribution in [2.24, 2.45) is 0 Å². The quantitative estimate of drug-likeness (QED) is 0.255. The Hall–Kier alpha value is -4.24. The van der Waals surface area contributed by atoms with E-state index in [1.54, 1.807) is 42.5 Å². The Kier molecular flexibility index (Phi) is 7.94. The van der Waals surface area contributed by atoms with E-state index >= 15 is 0 Å². The highest BCUT2D eigenvalue weighted by molar-refractivity contribution is 6.05. The molecular formula is C25H27N4O5+. The summed E-state index contributed by atoms with van der Waals surface area (Å²) < 4.78 is 5.77. The van der Waals surface area contributed by atoms with Crippen LogP contribution in [-0.2, 0) is 4.79 Å². The van der Waals surface area contributed by atoms with E-state index in [1.807, 2.05) is 33.2 Å². The molecule has 0 aliphatic carbocycles. The lowest BCUT2D eigenvalue weighted by atomic mass is 10.1. The number of likely N-dealkylation sites (N-methyl/N-ethyl adjacent to an activating group) is 1. The Morgan fingerprint density at radius 3 is 2.44 bits per heavy atom. The SMILES string of the molecule is Cc1ccc(C(=O)N/C(=C/c2ccc(-c3ccccc3[N+](=O)[O-])o2)C(=O)NCC[NH+](C)C)cc1. The maximum atomic E-state index is 12.8. The van der Waals surface area contributed by atoms with Crippen LogP contribution < -0.4 is 15.5 Å². The summed E-state index contributed by atoms with van der Waals surface area (Å²) in [7, 11) is 3.93. The summed E-state index contributed by atoms with van der Waals surface area (Å²) in [6.45, 7) is 3.03. The monoisotopic (exact) mass is 463 g/mol. The van der Waals surface area contributed by atoms with Gasteiger partial charge in [0.2, 0.25) is 0 Å². The van der Waals surface area contributed by atoms with Crippen LogP contribution in [0.2, 0.25) is 0 Å². The van der Waals surface area contributed by atoms with E-state index < -0.39 is 16.7 Å². The van der Waals surface area contributed by atoms with Crippen molar-refractivity contribution in [3.63, 3.8) is 0 Å². The number of para-hydroxylation sites is 1. The molecular weight excluding hydrogens is 436 g/mol. The summed E-state index contributed by atoms with van der Waals surface area (Å²) >= 11 is 0. The molecule has 2 amide bonds. The normalized spacial score (nSPS) is 11.4. The molecule has 0 spiro atoms. The number of hydrogen-bond acceptors (Lipinski definition) is 5. The number of aryl methyl sites for hydroxylation is 1. The highest BCUT2D eigenvalue weighted by Crippen LogP contribution is 2.31. The zero-order chi connectivity index (χ0) is 24.7. The molecule has 1 aromatic heterocycles. The second-order valence-electron chi connectivity index (χ2n) is 8.07. The minimum absolute atomic E-state index is 0.00259. The lowest BCUT2D eigenvalue weighted by Crippen LogP contribution is -3.06. The number of furan rings is 1. The van der Waals surface area contributed by atoms with Crippen molar-refractivity contribution < 1.29 is 23.8 Å². The molecule has 3 aromatic rings. The summed E-state index contributed by atoms with van der Waals surface area (Å²) in [5.41, 5.74) is 1.64. The van der Waals surface area contributed by atoms with Gasteiger partial charge in [-0.2, -0.15) is 0 Å². The van der Waals surface area contributed by atoms with E-state index in [2.05, 4.69) is 10.6 Å². The predicted octanol–water partition coefficient (Wildman–Crippen LogP) is 2.19. The molecule has 3 N–H and O–H groups in total. The number of quaternary nitrogens is 1. The average molecular weight is 464 g/mol. The smallest absolute Gasteiger partial charge is 0.280 e. The lowest BCUT2D eigenvalue weighted by Gasteiger charge is -2.12. The number of nitro groups is 1. The fourth-order valence-corrected chi connectivity index (χ4v) is 3.14. The number of benzene rings is 2. The summed E-state index contributed by atoms with van der Waals surface area (Å²) in [6.07, 6.45) is 1.40. The molecule has 0 aliphatic heterocycles. The molecule has 0 unspecified atom stereocenters. The van der Waals surface area contributed by atoms with Crippen LogP contribution in [0.5, 0.6) is 0 Å². The Balaban J connectivity index is 1.89. The third-order valence-electron chi connectivity index (χ3n) is 5.00. The summed E-state index contributed by atoms with van der Waals surface area (Å²) in [4.78, 5) is 37.6. The van der Waals surface area contributed by atoms with Crippen LogP contribution in [0.25, 0.3) is 17.4 Å². The van der Waals surface area contributed by atoms with Crippen LogP contribution >= 0.6 is 0 Å². The fourth-order valence-electron chi connectivity index (χ4n) is 3.14. The Labute approximate surface area is 197 Å². The molecule has 0 saturated heterocycles. The molecule has 0 bridgehead atoms. The molecule has 3 rings (SSSR count). The molecule has 176 valence electrons. The zero-order valence-electron chi connectivity index (χ0n) is 19.3. The maximum absolute atomic E-state index is 12.8. The number of rotatable bonds is 9.